The van der Waals surface area contributed by atoms with Gasteiger partial charge in [0, 0.05) is 29.3 Å². The Morgan fingerprint density at radius 2 is 1.82 bits per heavy atom. The maximum Gasteiger partial charge on any atom is 0.254 e. The molecule has 0 saturated heterocycles. The first-order valence-electron chi connectivity index (χ1n) is 11.5. The van der Waals surface area contributed by atoms with Crippen LogP contribution in [0.2, 0.25) is 0 Å². The van der Waals surface area contributed by atoms with E-state index in [9.17, 15) is 14.0 Å². The number of ether oxygens (including phenoxy) is 1. The van der Waals surface area contributed by atoms with Gasteiger partial charge in [0.15, 0.2) is 0 Å². The van der Waals surface area contributed by atoms with E-state index in [1.165, 1.54) is 18.2 Å². The van der Waals surface area contributed by atoms with E-state index in [-0.39, 0.29) is 17.7 Å². The minimum Gasteiger partial charge on any atom is -0.491 e. The van der Waals surface area contributed by atoms with E-state index in [4.69, 9.17) is 4.74 Å². The van der Waals surface area contributed by atoms with Gasteiger partial charge < -0.3 is 14.5 Å². The van der Waals surface area contributed by atoms with E-state index in [0.717, 1.165) is 28.1 Å². The Labute approximate surface area is 199 Å². The number of aryl methyl sites for hydroxylation is 1. The molecule has 0 radical (unpaired) electrons. The standard InChI is InChI=1S/C28H29FN2O3/c1-19(2)27(32)31(25-10-7-20(3)8-11-25)17-21-9-12-26-23(15-21)18-30(13-14-34-26)28(33)22-5-4-6-24(29)16-22/h4-12,15-16,19H,13-14,17-18H2,1-3H3. The van der Waals surface area contributed by atoms with Gasteiger partial charge in [-0.1, -0.05) is 43.7 Å². The van der Waals surface area contributed by atoms with Crippen molar-refractivity contribution < 1.29 is 18.7 Å². The minimum absolute atomic E-state index is 0.0398. The Hall–Kier alpha value is -3.67. The van der Waals surface area contributed by atoms with E-state index in [1.807, 2.05) is 63.2 Å². The zero-order chi connectivity index (χ0) is 24.2. The molecule has 0 fully saturated rings. The molecule has 4 rings (SSSR count). The van der Waals surface area contributed by atoms with E-state index >= 15 is 0 Å². The Morgan fingerprint density at radius 3 is 2.53 bits per heavy atom. The molecule has 1 aliphatic heterocycles. The SMILES string of the molecule is Cc1ccc(N(Cc2ccc3c(c2)CN(C(=O)c2cccc(F)c2)CCO3)C(=O)C(C)C)cc1. The number of hydrogen-bond donors (Lipinski definition) is 0. The van der Waals surface area contributed by atoms with Crippen molar-refractivity contribution in [2.24, 2.45) is 5.92 Å². The van der Waals surface area contributed by atoms with Crippen molar-refractivity contribution in [3.05, 3.63) is 94.8 Å². The molecule has 0 aliphatic carbocycles. The number of nitrogens with zero attached hydrogens (tertiary/aromatic N) is 2. The molecule has 3 aromatic carbocycles. The van der Waals surface area contributed by atoms with Gasteiger partial charge in [-0.3, -0.25) is 9.59 Å². The van der Waals surface area contributed by atoms with Gasteiger partial charge in [0.05, 0.1) is 13.1 Å². The van der Waals surface area contributed by atoms with Crippen LogP contribution in [0, 0.1) is 18.7 Å². The third kappa shape index (κ3) is 5.28. The molecule has 0 saturated carbocycles. The average Bonchev–Trinajstić information content (AvgIpc) is 3.04. The normalized spacial score (nSPS) is 13.1. The fourth-order valence-corrected chi connectivity index (χ4v) is 4.04. The first-order valence-corrected chi connectivity index (χ1v) is 11.5. The molecule has 1 heterocycles. The fourth-order valence-electron chi connectivity index (χ4n) is 4.04. The zero-order valence-corrected chi connectivity index (χ0v) is 19.8. The second kappa shape index (κ2) is 10.1. The summed E-state index contributed by atoms with van der Waals surface area (Å²) in [7, 11) is 0. The Kier molecular flexibility index (Phi) is 6.96. The van der Waals surface area contributed by atoms with Gasteiger partial charge in [-0.2, -0.15) is 0 Å². The second-order valence-corrected chi connectivity index (χ2v) is 8.94. The molecule has 176 valence electrons. The fraction of sp³-hybridized carbons (Fsp3) is 0.286. The van der Waals surface area contributed by atoms with Crippen molar-refractivity contribution in [3.63, 3.8) is 0 Å². The highest BCUT2D eigenvalue weighted by molar-refractivity contribution is 5.95. The van der Waals surface area contributed by atoms with Crippen molar-refractivity contribution in [1.82, 2.24) is 4.90 Å². The lowest BCUT2D eigenvalue weighted by atomic mass is 10.1. The number of fused-ring (bicyclic) bond motifs is 1. The van der Waals surface area contributed by atoms with Gasteiger partial charge in [-0.05, 0) is 55.0 Å². The number of carbonyl (C=O) groups excluding carboxylic acids is 2. The molecule has 0 unspecified atom stereocenters. The lowest BCUT2D eigenvalue weighted by molar-refractivity contribution is -0.121. The van der Waals surface area contributed by atoms with Crippen molar-refractivity contribution in [2.45, 2.75) is 33.9 Å². The lowest BCUT2D eigenvalue weighted by Crippen LogP contribution is -2.34. The molecule has 34 heavy (non-hydrogen) atoms. The maximum atomic E-state index is 13.6. The monoisotopic (exact) mass is 460 g/mol. The highest BCUT2D eigenvalue weighted by atomic mass is 19.1. The number of carbonyl (C=O) groups is 2. The Balaban J connectivity index is 1.60. The highest BCUT2D eigenvalue weighted by Crippen LogP contribution is 2.27. The first-order chi connectivity index (χ1) is 16.3. The van der Waals surface area contributed by atoms with Crippen LogP contribution in [-0.4, -0.2) is 29.9 Å². The molecule has 3 aromatic rings. The van der Waals surface area contributed by atoms with Gasteiger partial charge >= 0.3 is 0 Å². The summed E-state index contributed by atoms with van der Waals surface area (Å²) in [5.41, 5.74) is 4.09. The predicted octanol–water partition coefficient (Wildman–Crippen LogP) is 5.36. The van der Waals surface area contributed by atoms with Crippen LogP contribution in [0.5, 0.6) is 5.75 Å². The Morgan fingerprint density at radius 1 is 1.06 bits per heavy atom. The van der Waals surface area contributed by atoms with Crippen LogP contribution < -0.4 is 9.64 Å². The van der Waals surface area contributed by atoms with Gasteiger partial charge in [0.1, 0.15) is 18.2 Å². The second-order valence-electron chi connectivity index (χ2n) is 8.94. The molecule has 5 nitrogen and oxygen atoms in total. The van der Waals surface area contributed by atoms with E-state index in [0.29, 0.717) is 31.8 Å². The smallest absolute Gasteiger partial charge is 0.254 e. The molecule has 0 spiro atoms. The third-order valence-electron chi connectivity index (χ3n) is 5.91. The zero-order valence-electron chi connectivity index (χ0n) is 19.8. The molecule has 0 bridgehead atoms. The van der Waals surface area contributed by atoms with Gasteiger partial charge in [-0.25, -0.2) is 4.39 Å². The molecule has 0 atom stereocenters. The number of hydrogen-bond acceptors (Lipinski definition) is 3. The van der Waals surface area contributed by atoms with Crippen LogP contribution in [0.15, 0.2) is 66.7 Å². The summed E-state index contributed by atoms with van der Waals surface area (Å²) in [4.78, 5) is 29.5. The third-order valence-corrected chi connectivity index (χ3v) is 5.91. The number of rotatable bonds is 5. The lowest BCUT2D eigenvalue weighted by Gasteiger charge is -2.26. The van der Waals surface area contributed by atoms with Crippen LogP contribution in [-0.2, 0) is 17.9 Å². The molecule has 2 amide bonds. The van der Waals surface area contributed by atoms with Crippen LogP contribution in [0.3, 0.4) is 0 Å². The quantitative estimate of drug-likeness (QED) is 0.515. The first kappa shape index (κ1) is 23.5. The van der Waals surface area contributed by atoms with Crippen molar-refractivity contribution >= 4 is 17.5 Å². The molecule has 0 N–H and O–H groups in total. The summed E-state index contributed by atoms with van der Waals surface area (Å²) < 4.78 is 19.5. The maximum absolute atomic E-state index is 13.6. The topological polar surface area (TPSA) is 49.9 Å². The van der Waals surface area contributed by atoms with E-state index in [2.05, 4.69) is 0 Å². The van der Waals surface area contributed by atoms with Gasteiger partial charge in [0.2, 0.25) is 5.91 Å². The summed E-state index contributed by atoms with van der Waals surface area (Å²) in [6.45, 7) is 7.32. The molecular weight excluding hydrogens is 431 g/mol. The highest BCUT2D eigenvalue weighted by Gasteiger charge is 2.23. The number of anilines is 1. The van der Waals surface area contributed by atoms with Crippen molar-refractivity contribution in [3.8, 4) is 5.75 Å². The van der Waals surface area contributed by atoms with Crippen molar-refractivity contribution in [1.29, 1.82) is 0 Å². The largest absolute Gasteiger partial charge is 0.491 e. The average molecular weight is 461 g/mol. The van der Waals surface area contributed by atoms with Gasteiger partial charge in [0.25, 0.3) is 5.91 Å². The number of halogens is 1. The van der Waals surface area contributed by atoms with Crippen LogP contribution in [0.1, 0.15) is 40.9 Å². The van der Waals surface area contributed by atoms with Crippen LogP contribution in [0.25, 0.3) is 0 Å². The number of benzene rings is 3. The summed E-state index contributed by atoms with van der Waals surface area (Å²) in [5, 5.41) is 0. The summed E-state index contributed by atoms with van der Waals surface area (Å²) in [6, 6.07) is 19.5. The summed E-state index contributed by atoms with van der Waals surface area (Å²) >= 11 is 0. The Bertz CT molecular complexity index is 1190. The molecule has 0 aromatic heterocycles. The van der Waals surface area contributed by atoms with E-state index < -0.39 is 5.82 Å². The van der Waals surface area contributed by atoms with Crippen LogP contribution >= 0.6 is 0 Å². The summed E-state index contributed by atoms with van der Waals surface area (Å²) in [5.74, 6) is -0.0681. The molecular formula is C28H29FN2O3. The van der Waals surface area contributed by atoms with E-state index in [1.54, 1.807) is 15.9 Å². The molecule has 1 aliphatic rings. The van der Waals surface area contributed by atoms with Gasteiger partial charge in [-0.15, -0.1) is 0 Å². The summed E-state index contributed by atoms with van der Waals surface area (Å²) in [6.07, 6.45) is 0. The molecule has 6 heteroatoms. The minimum atomic E-state index is -0.439. The van der Waals surface area contributed by atoms with Crippen LogP contribution in [0.4, 0.5) is 10.1 Å². The predicted molar refractivity (Wildman–Crippen MR) is 130 cm³/mol. The van der Waals surface area contributed by atoms with Crippen molar-refractivity contribution in [2.75, 3.05) is 18.1 Å². The number of amides is 2.